The van der Waals surface area contributed by atoms with Gasteiger partial charge in [-0.05, 0) is 37.3 Å². The van der Waals surface area contributed by atoms with E-state index in [1.165, 1.54) is 18.4 Å². The number of fused-ring (bicyclic) bond motifs is 4. The Balaban J connectivity index is 1.28. The summed E-state index contributed by atoms with van der Waals surface area (Å²) in [6, 6.07) is 11.3. The first-order chi connectivity index (χ1) is 13.3. The molecule has 0 unspecified atom stereocenters. The van der Waals surface area contributed by atoms with Crippen LogP contribution >= 0.6 is 0 Å². The molecule has 1 amide bonds. The second-order valence-electron chi connectivity index (χ2n) is 8.37. The monoisotopic (exact) mass is 371 g/mol. The average Bonchev–Trinajstić information content (AvgIpc) is 3.02. The lowest BCUT2D eigenvalue weighted by Gasteiger charge is -2.36. The van der Waals surface area contributed by atoms with Crippen LogP contribution in [0.5, 0.6) is 0 Å². The van der Waals surface area contributed by atoms with E-state index in [9.17, 15) is 4.79 Å². The van der Waals surface area contributed by atoms with Gasteiger partial charge in [0.1, 0.15) is 0 Å². The zero-order chi connectivity index (χ0) is 18.5. The molecule has 4 aliphatic heterocycles. The topological polar surface area (TPSA) is 36.0 Å². The maximum atomic E-state index is 12.8. The van der Waals surface area contributed by atoms with Gasteiger partial charge in [-0.1, -0.05) is 30.3 Å². The Kier molecular flexibility index (Phi) is 6.43. The summed E-state index contributed by atoms with van der Waals surface area (Å²) in [5.74, 6) is 0.998. The number of piperidine rings is 1. The molecule has 4 aliphatic rings. The van der Waals surface area contributed by atoms with Crippen LogP contribution in [-0.4, -0.2) is 79.1 Å². The van der Waals surface area contributed by atoms with Crippen LogP contribution in [0.1, 0.15) is 31.2 Å². The molecule has 5 rings (SSSR count). The van der Waals surface area contributed by atoms with Gasteiger partial charge in [-0.3, -0.25) is 14.6 Å². The van der Waals surface area contributed by atoms with E-state index in [4.69, 9.17) is 4.74 Å². The minimum absolute atomic E-state index is 0.363. The first-order valence-corrected chi connectivity index (χ1v) is 10.6. The molecule has 0 saturated carbocycles. The molecule has 0 N–H and O–H groups in total. The Bertz CT molecular complexity index is 603. The van der Waals surface area contributed by atoms with E-state index < -0.39 is 0 Å². The molecule has 4 saturated heterocycles. The zero-order valence-corrected chi connectivity index (χ0v) is 16.4. The maximum absolute atomic E-state index is 12.8. The quantitative estimate of drug-likeness (QED) is 0.768. The molecule has 4 heterocycles. The molecule has 1 aromatic carbocycles. The van der Waals surface area contributed by atoms with Crippen molar-refractivity contribution >= 4 is 5.91 Å². The van der Waals surface area contributed by atoms with Crippen LogP contribution < -0.4 is 0 Å². The highest BCUT2D eigenvalue weighted by atomic mass is 16.5. The van der Waals surface area contributed by atoms with Gasteiger partial charge in [0, 0.05) is 51.7 Å². The van der Waals surface area contributed by atoms with Gasteiger partial charge in [0.25, 0.3) is 0 Å². The lowest BCUT2D eigenvalue weighted by molar-refractivity contribution is -0.131. The first-order valence-electron chi connectivity index (χ1n) is 10.6. The van der Waals surface area contributed by atoms with Crippen molar-refractivity contribution in [2.75, 3.05) is 52.5 Å². The largest absolute Gasteiger partial charge is 0.379 e. The number of carbonyl (C=O) groups excluding carboxylic acids is 1. The summed E-state index contributed by atoms with van der Waals surface area (Å²) in [7, 11) is 0. The van der Waals surface area contributed by atoms with E-state index >= 15 is 0 Å². The van der Waals surface area contributed by atoms with Gasteiger partial charge in [0.2, 0.25) is 5.91 Å². The summed E-state index contributed by atoms with van der Waals surface area (Å²) in [5.41, 5.74) is 1.38. The predicted molar refractivity (Wildman–Crippen MR) is 106 cm³/mol. The minimum atomic E-state index is 0.363. The molecule has 5 heteroatoms. The van der Waals surface area contributed by atoms with Gasteiger partial charge in [-0.25, -0.2) is 0 Å². The number of hydrogen-bond acceptors (Lipinski definition) is 4. The molecular weight excluding hydrogens is 338 g/mol. The van der Waals surface area contributed by atoms with Gasteiger partial charge in [-0.2, -0.15) is 0 Å². The van der Waals surface area contributed by atoms with Crippen LogP contribution in [0.3, 0.4) is 0 Å². The SMILES string of the molecule is O=C(CCCN1CCOCC1)N1C[C@@H]2CC[C@H](C1)N(Cc1ccccc1)C2. The van der Waals surface area contributed by atoms with E-state index in [2.05, 4.69) is 45.0 Å². The Hall–Kier alpha value is -1.43. The highest BCUT2D eigenvalue weighted by molar-refractivity contribution is 5.76. The van der Waals surface area contributed by atoms with Crippen molar-refractivity contribution in [1.82, 2.24) is 14.7 Å². The predicted octanol–water partition coefficient (Wildman–Crippen LogP) is 2.22. The van der Waals surface area contributed by atoms with Gasteiger partial charge in [-0.15, -0.1) is 0 Å². The van der Waals surface area contributed by atoms with Crippen LogP contribution in [0.4, 0.5) is 0 Å². The van der Waals surface area contributed by atoms with Crippen molar-refractivity contribution in [3.63, 3.8) is 0 Å². The molecule has 27 heavy (non-hydrogen) atoms. The molecule has 0 aliphatic carbocycles. The van der Waals surface area contributed by atoms with Crippen LogP contribution in [0.15, 0.2) is 30.3 Å². The number of nitrogens with zero attached hydrogens (tertiary/aromatic N) is 3. The third-order valence-electron chi connectivity index (χ3n) is 6.38. The fourth-order valence-electron chi connectivity index (χ4n) is 4.83. The van der Waals surface area contributed by atoms with Gasteiger partial charge in [0.05, 0.1) is 13.2 Å². The van der Waals surface area contributed by atoms with Crippen molar-refractivity contribution < 1.29 is 9.53 Å². The van der Waals surface area contributed by atoms with E-state index in [0.717, 1.165) is 65.4 Å². The molecule has 2 bridgehead atoms. The molecule has 0 aromatic heterocycles. The van der Waals surface area contributed by atoms with Gasteiger partial charge in [0.15, 0.2) is 0 Å². The number of morpholine rings is 1. The molecular formula is C22H33N3O2. The van der Waals surface area contributed by atoms with Crippen LogP contribution in [0, 0.1) is 5.92 Å². The second-order valence-corrected chi connectivity index (χ2v) is 8.37. The Morgan fingerprint density at radius 2 is 1.85 bits per heavy atom. The van der Waals surface area contributed by atoms with E-state index in [-0.39, 0.29) is 0 Å². The van der Waals surface area contributed by atoms with Crippen molar-refractivity contribution in [2.45, 2.75) is 38.3 Å². The average molecular weight is 372 g/mol. The third-order valence-corrected chi connectivity index (χ3v) is 6.38. The van der Waals surface area contributed by atoms with Crippen molar-refractivity contribution in [3.05, 3.63) is 35.9 Å². The number of carbonyl (C=O) groups is 1. The number of rotatable bonds is 6. The summed E-state index contributed by atoms with van der Waals surface area (Å²) < 4.78 is 5.40. The van der Waals surface area contributed by atoms with Gasteiger partial charge < -0.3 is 9.64 Å². The van der Waals surface area contributed by atoms with E-state index in [1.54, 1.807) is 0 Å². The van der Waals surface area contributed by atoms with Crippen LogP contribution in [-0.2, 0) is 16.1 Å². The summed E-state index contributed by atoms with van der Waals surface area (Å²) in [4.78, 5) is 20.1. The standard InChI is InChI=1S/C22H33N3O2/c26-22(7-4-10-23-11-13-27-14-12-23)25-17-20-8-9-21(18-25)24(16-20)15-19-5-2-1-3-6-19/h1-3,5-6,20-21H,4,7-18H2/t20-,21-/m1/s1. The summed E-state index contributed by atoms with van der Waals surface area (Å²) in [5, 5.41) is 0. The minimum Gasteiger partial charge on any atom is -0.379 e. The lowest BCUT2D eigenvalue weighted by Crippen LogP contribution is -2.44. The maximum Gasteiger partial charge on any atom is 0.222 e. The molecule has 0 radical (unpaired) electrons. The van der Waals surface area contributed by atoms with Crippen LogP contribution in [0.2, 0.25) is 0 Å². The molecule has 0 spiro atoms. The highest BCUT2D eigenvalue weighted by Crippen LogP contribution is 2.29. The molecule has 4 fully saturated rings. The second kappa shape index (κ2) is 9.18. The first kappa shape index (κ1) is 18.9. The Morgan fingerprint density at radius 3 is 2.67 bits per heavy atom. The Morgan fingerprint density at radius 1 is 1.04 bits per heavy atom. The molecule has 2 atom stereocenters. The van der Waals surface area contributed by atoms with Gasteiger partial charge >= 0.3 is 0 Å². The lowest BCUT2D eigenvalue weighted by atomic mass is 9.94. The summed E-state index contributed by atoms with van der Waals surface area (Å²) in [6.45, 7) is 8.74. The number of amides is 1. The summed E-state index contributed by atoms with van der Waals surface area (Å²) in [6.07, 6.45) is 4.16. The van der Waals surface area contributed by atoms with Crippen molar-refractivity contribution in [1.29, 1.82) is 0 Å². The number of hydrogen-bond donors (Lipinski definition) is 0. The normalized spacial score (nSPS) is 26.9. The molecule has 5 nitrogen and oxygen atoms in total. The third kappa shape index (κ3) is 5.09. The molecule has 1 aromatic rings. The van der Waals surface area contributed by atoms with Crippen molar-refractivity contribution in [2.24, 2.45) is 5.92 Å². The highest BCUT2D eigenvalue weighted by Gasteiger charge is 2.36. The fraction of sp³-hybridized carbons (Fsp3) is 0.682. The number of benzene rings is 1. The zero-order valence-electron chi connectivity index (χ0n) is 16.4. The van der Waals surface area contributed by atoms with Crippen LogP contribution in [0.25, 0.3) is 0 Å². The summed E-state index contributed by atoms with van der Waals surface area (Å²) >= 11 is 0. The molecule has 148 valence electrons. The smallest absolute Gasteiger partial charge is 0.222 e. The fourth-order valence-corrected chi connectivity index (χ4v) is 4.83. The number of ether oxygens (including phenoxy) is 1. The van der Waals surface area contributed by atoms with Crippen molar-refractivity contribution in [3.8, 4) is 0 Å². The Labute approximate surface area is 163 Å². The van der Waals surface area contributed by atoms with E-state index in [1.807, 2.05) is 0 Å². The van der Waals surface area contributed by atoms with E-state index in [0.29, 0.717) is 24.3 Å².